The van der Waals surface area contributed by atoms with Crippen LogP contribution in [0.15, 0.2) is 72.1 Å². The van der Waals surface area contributed by atoms with Crippen LogP contribution in [0.1, 0.15) is 27.8 Å². The van der Waals surface area contributed by atoms with Crippen molar-refractivity contribution in [3.63, 3.8) is 0 Å². The van der Waals surface area contributed by atoms with Crippen molar-refractivity contribution in [3.05, 3.63) is 134 Å². The molecule has 0 amide bonds. The highest BCUT2D eigenvalue weighted by Gasteiger charge is 2.35. The molecule has 0 fully saturated rings. The summed E-state index contributed by atoms with van der Waals surface area (Å²) in [4.78, 5) is 10.3. The van der Waals surface area contributed by atoms with Gasteiger partial charge >= 0.3 is 6.36 Å². The van der Waals surface area contributed by atoms with E-state index < -0.39 is 17.8 Å². The van der Waals surface area contributed by atoms with Crippen molar-refractivity contribution in [1.29, 1.82) is 10.5 Å². The first-order chi connectivity index (χ1) is 18.8. The van der Waals surface area contributed by atoms with Crippen LogP contribution in [0, 0.1) is 42.4 Å². The van der Waals surface area contributed by atoms with Gasteiger partial charge in [0, 0.05) is 5.57 Å². The van der Waals surface area contributed by atoms with E-state index >= 15 is 0 Å². The van der Waals surface area contributed by atoms with E-state index in [0.717, 1.165) is 23.3 Å². The number of halogens is 3. The van der Waals surface area contributed by atoms with E-state index in [4.69, 9.17) is 19.7 Å². The summed E-state index contributed by atoms with van der Waals surface area (Å²) >= 11 is 0. The quantitative estimate of drug-likeness (QED) is 0.204. The summed E-state index contributed by atoms with van der Waals surface area (Å²) in [6.45, 7) is 22.9. The van der Waals surface area contributed by atoms with Crippen LogP contribution in [0.2, 0.25) is 0 Å². The molecule has 2 aliphatic carbocycles. The molecule has 0 saturated carbocycles. The van der Waals surface area contributed by atoms with E-state index in [1.165, 1.54) is 6.07 Å². The Kier molecular flexibility index (Phi) is 5.74. The van der Waals surface area contributed by atoms with Gasteiger partial charge in [-0.1, -0.05) is 42.5 Å². The predicted molar refractivity (Wildman–Crippen MR) is 136 cm³/mol. The minimum Gasteiger partial charge on any atom is -0.406 e. The van der Waals surface area contributed by atoms with E-state index in [9.17, 15) is 23.7 Å². The van der Waals surface area contributed by atoms with Gasteiger partial charge in [0.15, 0.2) is 0 Å². The van der Waals surface area contributed by atoms with Crippen LogP contribution in [0.5, 0.6) is 5.75 Å². The maximum atomic E-state index is 12.9. The molecule has 3 aromatic carbocycles. The molecule has 0 bridgehead atoms. The van der Waals surface area contributed by atoms with Gasteiger partial charge in [0.25, 0.3) is 11.4 Å². The monoisotopic (exact) mass is 513 g/mol. The van der Waals surface area contributed by atoms with E-state index in [2.05, 4.69) is 19.3 Å². The number of ether oxygens (including phenoxy) is 1. The van der Waals surface area contributed by atoms with Crippen LogP contribution in [0.3, 0.4) is 0 Å². The van der Waals surface area contributed by atoms with E-state index in [1.54, 1.807) is 36.4 Å². The fraction of sp³-hybridized carbons (Fsp3) is 0.0333. The topological polar surface area (TPSA) is 69.9 Å². The molecule has 0 spiro atoms. The second-order valence-electron chi connectivity index (χ2n) is 8.29. The normalized spacial score (nSPS) is 15.4. The number of nitriles is 2. The smallest absolute Gasteiger partial charge is 0.406 e. The number of alkyl halides is 3. The van der Waals surface area contributed by atoms with Gasteiger partial charge in [0.05, 0.1) is 31.9 Å². The molecule has 0 radical (unpaired) electrons. The summed E-state index contributed by atoms with van der Waals surface area (Å²) in [6, 6.07) is 19.5. The van der Waals surface area contributed by atoms with E-state index in [0.29, 0.717) is 22.3 Å². The molecule has 39 heavy (non-hydrogen) atoms. The SMILES string of the molecule is [C-]#[N+]C1=C(c2ccc3c(c2)/C(=C(\C#N)[N+]#[C-])c2ccccc2-3)/C(=C(/C#N)[N+]#[C-])c2cc(OC(F)(F)F)ccc21. The van der Waals surface area contributed by atoms with Gasteiger partial charge < -0.3 is 4.74 Å². The number of benzene rings is 3. The van der Waals surface area contributed by atoms with Gasteiger partial charge in [-0.05, 0) is 68.3 Å². The highest BCUT2D eigenvalue weighted by atomic mass is 19.4. The first-order valence-electron chi connectivity index (χ1n) is 11.1. The van der Waals surface area contributed by atoms with Crippen LogP contribution in [0.25, 0.3) is 48.1 Å². The zero-order chi connectivity index (χ0) is 27.9. The molecule has 0 atom stereocenters. The summed E-state index contributed by atoms with van der Waals surface area (Å²) in [7, 11) is 0. The summed E-state index contributed by atoms with van der Waals surface area (Å²) < 4.78 is 42.8. The lowest BCUT2D eigenvalue weighted by atomic mass is 9.92. The minimum atomic E-state index is -4.97. The molecule has 0 unspecified atom stereocenters. The number of rotatable bonds is 2. The maximum Gasteiger partial charge on any atom is 0.573 e. The van der Waals surface area contributed by atoms with Crippen LogP contribution in [-0.4, -0.2) is 6.36 Å². The first-order valence-corrected chi connectivity index (χ1v) is 11.1. The second kappa shape index (κ2) is 9.10. The van der Waals surface area contributed by atoms with Crippen LogP contribution in [-0.2, 0) is 0 Å². The molecule has 5 rings (SSSR count). The molecule has 0 heterocycles. The number of fused-ring (bicyclic) bond motifs is 4. The molecule has 0 N–H and O–H groups in total. The number of nitrogens with zero attached hydrogens (tertiary/aromatic N) is 5. The Balaban J connectivity index is 1.80. The minimum absolute atomic E-state index is 0.00722. The molecule has 3 aromatic rings. The Morgan fingerprint density at radius 3 is 1.92 bits per heavy atom. The number of hydrogen-bond donors (Lipinski definition) is 0. The Morgan fingerprint density at radius 2 is 1.31 bits per heavy atom. The zero-order valence-corrected chi connectivity index (χ0v) is 19.6. The third kappa shape index (κ3) is 3.87. The summed E-state index contributed by atoms with van der Waals surface area (Å²) in [5, 5.41) is 19.4. The largest absolute Gasteiger partial charge is 0.573 e. The molecule has 0 aromatic heterocycles. The predicted octanol–water partition coefficient (Wildman–Crippen LogP) is 7.72. The molecular formula is C30H10F3N5O. The van der Waals surface area contributed by atoms with Crippen molar-refractivity contribution >= 4 is 22.4 Å². The summed E-state index contributed by atoms with van der Waals surface area (Å²) in [5.41, 5.74) is 3.65. The lowest BCUT2D eigenvalue weighted by molar-refractivity contribution is -0.274. The Labute approximate surface area is 220 Å². The Hall–Kier alpha value is -6.08. The summed E-state index contributed by atoms with van der Waals surface area (Å²) in [5.74, 6) is -0.558. The fourth-order valence-electron chi connectivity index (χ4n) is 4.92. The standard InChI is InChI=1S/C30H10F3N5O/c1-36-24(14-34)27-20-7-5-4-6-18(20)19-10-8-16(12-22(19)27)26-28(25(15-35)37-2)23-13-17(39-30(31,32)33)9-11-21(23)29(26)38-3/h4-13H/b27-24+,28-25-. The average molecular weight is 513 g/mol. The molecule has 2 aliphatic rings. The summed E-state index contributed by atoms with van der Waals surface area (Å²) in [6.07, 6.45) is -4.97. The van der Waals surface area contributed by atoms with Gasteiger partial charge in [-0.2, -0.15) is 0 Å². The maximum absolute atomic E-state index is 12.9. The highest BCUT2D eigenvalue weighted by Crippen LogP contribution is 2.52. The molecule has 6 nitrogen and oxygen atoms in total. The van der Waals surface area contributed by atoms with Crippen molar-refractivity contribution < 1.29 is 17.9 Å². The Bertz CT molecular complexity index is 1900. The molecule has 0 saturated heterocycles. The van der Waals surface area contributed by atoms with Crippen molar-refractivity contribution in [2.24, 2.45) is 0 Å². The van der Waals surface area contributed by atoms with Crippen molar-refractivity contribution in [3.8, 4) is 29.0 Å². The van der Waals surface area contributed by atoms with Crippen LogP contribution < -0.4 is 4.74 Å². The molecule has 0 aliphatic heterocycles. The van der Waals surface area contributed by atoms with E-state index in [-0.39, 0.29) is 33.7 Å². The van der Waals surface area contributed by atoms with Crippen molar-refractivity contribution in [2.45, 2.75) is 6.36 Å². The third-order valence-electron chi connectivity index (χ3n) is 6.32. The van der Waals surface area contributed by atoms with Gasteiger partial charge in [-0.15, -0.1) is 13.2 Å². The van der Waals surface area contributed by atoms with Crippen LogP contribution in [0.4, 0.5) is 13.2 Å². The zero-order valence-electron chi connectivity index (χ0n) is 19.6. The van der Waals surface area contributed by atoms with Gasteiger partial charge in [0.2, 0.25) is 5.70 Å². The second-order valence-corrected chi connectivity index (χ2v) is 8.29. The number of hydrogen-bond acceptors (Lipinski definition) is 3. The Morgan fingerprint density at radius 1 is 0.718 bits per heavy atom. The third-order valence-corrected chi connectivity index (χ3v) is 6.32. The molecule has 182 valence electrons. The fourth-order valence-corrected chi connectivity index (χ4v) is 4.92. The lowest BCUT2D eigenvalue weighted by Gasteiger charge is -2.13. The average Bonchev–Trinajstić information content (AvgIpc) is 3.42. The molecule has 9 heteroatoms. The number of allylic oxidation sites excluding steroid dienone is 4. The van der Waals surface area contributed by atoms with Crippen LogP contribution >= 0.6 is 0 Å². The van der Waals surface area contributed by atoms with E-state index in [1.807, 2.05) is 18.2 Å². The van der Waals surface area contributed by atoms with Crippen molar-refractivity contribution in [2.75, 3.05) is 0 Å². The first kappa shape index (κ1) is 24.6. The highest BCUT2D eigenvalue weighted by molar-refractivity contribution is 6.24. The lowest BCUT2D eigenvalue weighted by Crippen LogP contribution is -2.17. The van der Waals surface area contributed by atoms with Gasteiger partial charge in [-0.3, -0.25) is 0 Å². The van der Waals surface area contributed by atoms with Gasteiger partial charge in [0.1, 0.15) is 5.75 Å². The van der Waals surface area contributed by atoms with Crippen molar-refractivity contribution in [1.82, 2.24) is 0 Å². The molecular weight excluding hydrogens is 503 g/mol. The van der Waals surface area contributed by atoms with Gasteiger partial charge in [-0.25, -0.2) is 25.1 Å².